The largest absolute Gasteiger partial charge is 0.467 e. The molecule has 1 aliphatic heterocycles. The van der Waals surface area contributed by atoms with Crippen molar-refractivity contribution in [3.8, 4) is 0 Å². The van der Waals surface area contributed by atoms with Gasteiger partial charge in [0, 0.05) is 13.1 Å². The molecule has 3 rings (SSSR count). The summed E-state index contributed by atoms with van der Waals surface area (Å²) in [6.45, 7) is -0.985. The van der Waals surface area contributed by atoms with E-state index >= 15 is 0 Å². The molecule has 0 aromatic carbocycles. The van der Waals surface area contributed by atoms with Crippen LogP contribution in [0.15, 0.2) is 22.8 Å². The van der Waals surface area contributed by atoms with Crippen molar-refractivity contribution < 1.29 is 28.4 Å². The van der Waals surface area contributed by atoms with E-state index in [-0.39, 0.29) is 25.0 Å². The monoisotopic (exact) mass is 362 g/mol. The number of furan rings is 1. The lowest BCUT2D eigenvalue weighted by Crippen LogP contribution is -2.45. The zero-order valence-electron chi connectivity index (χ0n) is 14.1. The topological polar surface area (TPSA) is 120 Å². The van der Waals surface area contributed by atoms with Crippen LogP contribution in [0, 0.1) is 0 Å². The molecule has 1 saturated heterocycles. The molecule has 0 unspecified atom stereocenters. The molecule has 2 heterocycles. The van der Waals surface area contributed by atoms with Crippen molar-refractivity contribution in [2.75, 3.05) is 20.1 Å². The fourth-order valence-electron chi connectivity index (χ4n) is 2.45. The number of likely N-dealkylation sites (N-methyl/N-ethyl adjacent to an activating group) is 1. The van der Waals surface area contributed by atoms with E-state index in [1.165, 1.54) is 13.3 Å². The molecule has 0 radical (unpaired) electrons. The lowest BCUT2D eigenvalue weighted by molar-refractivity contribution is -0.145. The number of carbonyl (C=O) groups excluding carboxylic acids is 5. The van der Waals surface area contributed by atoms with Crippen LogP contribution in [0.25, 0.3) is 0 Å². The highest BCUT2D eigenvalue weighted by atomic mass is 16.3. The Morgan fingerprint density at radius 1 is 1.23 bits per heavy atom. The maximum atomic E-state index is 12.3. The van der Waals surface area contributed by atoms with Crippen molar-refractivity contribution in [2.24, 2.45) is 0 Å². The van der Waals surface area contributed by atoms with Gasteiger partial charge in [-0.25, -0.2) is 14.6 Å². The van der Waals surface area contributed by atoms with Gasteiger partial charge in [-0.15, -0.1) is 0 Å². The van der Waals surface area contributed by atoms with Crippen molar-refractivity contribution in [1.29, 1.82) is 0 Å². The highest BCUT2D eigenvalue weighted by molar-refractivity contribution is 6.44. The van der Waals surface area contributed by atoms with Crippen molar-refractivity contribution in [3.05, 3.63) is 24.2 Å². The van der Waals surface area contributed by atoms with Gasteiger partial charge in [-0.2, -0.15) is 0 Å². The first-order valence-corrected chi connectivity index (χ1v) is 8.10. The molecule has 10 heteroatoms. The summed E-state index contributed by atoms with van der Waals surface area (Å²) >= 11 is 0. The summed E-state index contributed by atoms with van der Waals surface area (Å²) in [5.41, 5.74) is 0. The number of imide groups is 2. The number of hydrogen-bond acceptors (Lipinski definition) is 6. The molecule has 0 bridgehead atoms. The predicted molar refractivity (Wildman–Crippen MR) is 85.2 cm³/mol. The van der Waals surface area contributed by atoms with Gasteiger partial charge >= 0.3 is 17.8 Å². The third kappa shape index (κ3) is 3.73. The van der Waals surface area contributed by atoms with E-state index in [0.717, 1.165) is 17.7 Å². The van der Waals surface area contributed by atoms with E-state index in [2.05, 4.69) is 5.32 Å². The standard InChI is InChI=1S/C16H18N4O6/c1-18(8-12(21)17-10-4-5-10)13(22)9-20-15(24)14(23)19(16(20)25)7-11-3-2-6-26-11/h2-3,6,10H,4-5,7-9H2,1H3,(H,17,21). The number of carbonyl (C=O) groups is 5. The first-order chi connectivity index (χ1) is 12.4. The van der Waals surface area contributed by atoms with Gasteiger partial charge < -0.3 is 14.6 Å². The van der Waals surface area contributed by atoms with Crippen molar-refractivity contribution in [2.45, 2.75) is 25.4 Å². The van der Waals surface area contributed by atoms with Crippen LogP contribution in [-0.2, 0) is 25.7 Å². The summed E-state index contributed by atoms with van der Waals surface area (Å²) in [6.07, 6.45) is 3.23. The minimum Gasteiger partial charge on any atom is -0.467 e. The predicted octanol–water partition coefficient (Wildman–Crippen LogP) is -0.693. The summed E-state index contributed by atoms with van der Waals surface area (Å²) in [7, 11) is 1.39. The second kappa shape index (κ2) is 6.98. The van der Waals surface area contributed by atoms with Crippen LogP contribution in [-0.4, -0.2) is 70.5 Å². The lowest BCUT2D eigenvalue weighted by atomic mass is 10.4. The molecule has 1 N–H and O–H groups in total. The normalized spacial score (nSPS) is 17.0. The van der Waals surface area contributed by atoms with E-state index in [1.807, 2.05) is 0 Å². The van der Waals surface area contributed by atoms with Crippen LogP contribution in [0.4, 0.5) is 4.79 Å². The zero-order chi connectivity index (χ0) is 18.8. The molecule has 2 fully saturated rings. The molecule has 6 amide bonds. The van der Waals surface area contributed by atoms with Gasteiger partial charge in [-0.1, -0.05) is 0 Å². The Bertz CT molecular complexity index is 755. The average molecular weight is 362 g/mol. The van der Waals surface area contributed by atoms with Gasteiger partial charge in [0.2, 0.25) is 11.8 Å². The van der Waals surface area contributed by atoms with E-state index in [4.69, 9.17) is 4.42 Å². The van der Waals surface area contributed by atoms with Gasteiger partial charge in [0.1, 0.15) is 12.3 Å². The maximum Gasteiger partial charge on any atom is 0.335 e. The summed E-state index contributed by atoms with van der Waals surface area (Å²) in [5.74, 6) is -2.69. The second-order valence-corrected chi connectivity index (χ2v) is 6.24. The Balaban J connectivity index is 1.58. The van der Waals surface area contributed by atoms with Crippen LogP contribution >= 0.6 is 0 Å². The quantitative estimate of drug-likeness (QED) is 0.506. The third-order valence-corrected chi connectivity index (χ3v) is 4.07. The van der Waals surface area contributed by atoms with E-state index in [0.29, 0.717) is 15.6 Å². The van der Waals surface area contributed by atoms with Gasteiger partial charge in [-0.3, -0.25) is 19.2 Å². The number of rotatable bonds is 7. The lowest BCUT2D eigenvalue weighted by Gasteiger charge is -2.20. The maximum absolute atomic E-state index is 12.3. The summed E-state index contributed by atoms with van der Waals surface area (Å²) < 4.78 is 5.07. The minimum atomic E-state index is -1.08. The van der Waals surface area contributed by atoms with E-state index in [9.17, 15) is 24.0 Å². The van der Waals surface area contributed by atoms with Gasteiger partial charge in [-0.05, 0) is 25.0 Å². The molecule has 1 aromatic heterocycles. The molecule has 138 valence electrons. The number of urea groups is 1. The molecule has 26 heavy (non-hydrogen) atoms. The van der Waals surface area contributed by atoms with Gasteiger partial charge in [0.25, 0.3) is 0 Å². The Labute approximate surface area is 148 Å². The Morgan fingerprint density at radius 2 is 1.92 bits per heavy atom. The number of hydrogen-bond donors (Lipinski definition) is 1. The Morgan fingerprint density at radius 3 is 2.54 bits per heavy atom. The van der Waals surface area contributed by atoms with Crippen LogP contribution in [0.2, 0.25) is 0 Å². The zero-order valence-corrected chi connectivity index (χ0v) is 14.1. The molecular weight excluding hydrogens is 344 g/mol. The second-order valence-electron chi connectivity index (χ2n) is 6.24. The van der Waals surface area contributed by atoms with Crippen LogP contribution in [0.5, 0.6) is 0 Å². The molecule has 1 aromatic rings. The third-order valence-electron chi connectivity index (χ3n) is 4.07. The number of nitrogens with zero attached hydrogens (tertiary/aromatic N) is 3. The Hall–Kier alpha value is -3.17. The summed E-state index contributed by atoms with van der Waals surface area (Å²) in [4.78, 5) is 62.7. The van der Waals surface area contributed by atoms with Crippen LogP contribution in [0.3, 0.4) is 0 Å². The highest BCUT2D eigenvalue weighted by Crippen LogP contribution is 2.18. The molecule has 1 saturated carbocycles. The molecule has 1 aliphatic carbocycles. The summed E-state index contributed by atoms with van der Waals surface area (Å²) in [5, 5.41) is 2.74. The highest BCUT2D eigenvalue weighted by Gasteiger charge is 2.45. The van der Waals surface area contributed by atoms with Gasteiger partial charge in [0.15, 0.2) is 0 Å². The number of amides is 6. The minimum absolute atomic E-state index is 0.167. The van der Waals surface area contributed by atoms with Gasteiger partial charge in [0.05, 0.1) is 19.4 Å². The first-order valence-electron chi connectivity index (χ1n) is 8.10. The fourth-order valence-corrected chi connectivity index (χ4v) is 2.45. The molecule has 10 nitrogen and oxygen atoms in total. The van der Waals surface area contributed by atoms with Crippen molar-refractivity contribution in [3.63, 3.8) is 0 Å². The first kappa shape index (κ1) is 17.6. The van der Waals surface area contributed by atoms with Crippen LogP contribution < -0.4 is 5.32 Å². The van der Waals surface area contributed by atoms with E-state index < -0.39 is 30.3 Å². The molecule has 2 aliphatic rings. The average Bonchev–Trinajstić information content (AvgIpc) is 3.21. The van der Waals surface area contributed by atoms with Crippen LogP contribution in [0.1, 0.15) is 18.6 Å². The molecule has 0 atom stereocenters. The van der Waals surface area contributed by atoms with Crippen molar-refractivity contribution in [1.82, 2.24) is 20.0 Å². The summed E-state index contributed by atoms with van der Waals surface area (Å²) in [6, 6.07) is 2.43. The van der Waals surface area contributed by atoms with E-state index in [1.54, 1.807) is 12.1 Å². The SMILES string of the molecule is CN(CC(=O)NC1CC1)C(=O)CN1C(=O)C(=O)N(Cc2ccco2)C1=O. The van der Waals surface area contributed by atoms with Crippen molar-refractivity contribution >= 4 is 29.7 Å². The Kier molecular flexibility index (Phi) is 4.74. The molecular formula is C16H18N4O6. The molecule has 0 spiro atoms. The fraction of sp³-hybridized carbons (Fsp3) is 0.438. The number of nitrogens with one attached hydrogen (secondary N) is 1. The smallest absolute Gasteiger partial charge is 0.335 e.